The van der Waals surface area contributed by atoms with Crippen LogP contribution in [0.3, 0.4) is 0 Å². The van der Waals surface area contributed by atoms with E-state index in [0.29, 0.717) is 29.2 Å². The zero-order valence-electron chi connectivity index (χ0n) is 15.4. The Balaban J connectivity index is 1.51. The van der Waals surface area contributed by atoms with Crippen LogP contribution in [0.5, 0.6) is 17.4 Å². The molecule has 0 saturated heterocycles. The SMILES string of the molecule is CC1CCCC(NC(=O)COc2cccc(Oc3ccccn3)c2)C1C. The fourth-order valence-electron chi connectivity index (χ4n) is 3.34. The number of rotatable bonds is 6. The maximum absolute atomic E-state index is 12.2. The van der Waals surface area contributed by atoms with Gasteiger partial charge in [-0.1, -0.05) is 38.8 Å². The Kier molecular flexibility index (Phi) is 6.10. The van der Waals surface area contributed by atoms with Crippen LogP contribution in [-0.2, 0) is 4.79 Å². The molecule has 2 aromatic rings. The van der Waals surface area contributed by atoms with E-state index in [4.69, 9.17) is 9.47 Å². The summed E-state index contributed by atoms with van der Waals surface area (Å²) in [5.41, 5.74) is 0. The zero-order chi connectivity index (χ0) is 18.4. The summed E-state index contributed by atoms with van der Waals surface area (Å²) >= 11 is 0. The summed E-state index contributed by atoms with van der Waals surface area (Å²) < 4.78 is 11.3. The highest BCUT2D eigenvalue weighted by Gasteiger charge is 2.28. The zero-order valence-corrected chi connectivity index (χ0v) is 15.4. The van der Waals surface area contributed by atoms with Crippen LogP contribution in [0.25, 0.3) is 0 Å². The molecule has 3 unspecified atom stereocenters. The molecule has 1 amide bonds. The van der Waals surface area contributed by atoms with E-state index in [0.717, 1.165) is 6.42 Å². The first kappa shape index (κ1) is 18.2. The molecule has 3 atom stereocenters. The van der Waals surface area contributed by atoms with Gasteiger partial charge in [0.15, 0.2) is 6.61 Å². The molecule has 1 aromatic heterocycles. The van der Waals surface area contributed by atoms with E-state index in [2.05, 4.69) is 24.1 Å². The minimum absolute atomic E-state index is 0.00460. The molecule has 0 bridgehead atoms. The van der Waals surface area contributed by atoms with Crippen molar-refractivity contribution >= 4 is 5.91 Å². The predicted octanol–water partition coefficient (Wildman–Crippen LogP) is 4.19. The molecule has 1 aliphatic rings. The molecule has 5 nitrogen and oxygen atoms in total. The van der Waals surface area contributed by atoms with E-state index < -0.39 is 0 Å². The first-order valence-corrected chi connectivity index (χ1v) is 9.23. The summed E-state index contributed by atoms with van der Waals surface area (Å²) in [7, 11) is 0. The molecule has 1 N–H and O–H groups in total. The average molecular weight is 354 g/mol. The number of benzene rings is 1. The number of aromatic nitrogens is 1. The molecule has 0 aliphatic heterocycles. The van der Waals surface area contributed by atoms with Gasteiger partial charge in [0.05, 0.1) is 0 Å². The number of ether oxygens (including phenoxy) is 2. The van der Waals surface area contributed by atoms with Crippen molar-refractivity contribution in [2.24, 2.45) is 11.8 Å². The molecule has 138 valence electrons. The monoisotopic (exact) mass is 354 g/mol. The van der Waals surface area contributed by atoms with Gasteiger partial charge in [0.2, 0.25) is 5.88 Å². The molecular weight excluding hydrogens is 328 g/mol. The lowest BCUT2D eigenvalue weighted by molar-refractivity contribution is -0.124. The van der Waals surface area contributed by atoms with Gasteiger partial charge in [0.1, 0.15) is 11.5 Å². The topological polar surface area (TPSA) is 60.5 Å². The number of carbonyl (C=O) groups excluding carboxylic acids is 1. The van der Waals surface area contributed by atoms with Gasteiger partial charge in [0.25, 0.3) is 5.91 Å². The van der Waals surface area contributed by atoms with Crippen molar-refractivity contribution in [3.8, 4) is 17.4 Å². The van der Waals surface area contributed by atoms with Gasteiger partial charge < -0.3 is 14.8 Å². The van der Waals surface area contributed by atoms with Crippen LogP contribution in [0, 0.1) is 11.8 Å². The second kappa shape index (κ2) is 8.70. The van der Waals surface area contributed by atoms with Crippen molar-refractivity contribution < 1.29 is 14.3 Å². The van der Waals surface area contributed by atoms with Gasteiger partial charge in [-0.25, -0.2) is 4.98 Å². The number of nitrogens with zero attached hydrogens (tertiary/aromatic N) is 1. The number of hydrogen-bond acceptors (Lipinski definition) is 4. The second-order valence-electron chi connectivity index (χ2n) is 6.97. The fraction of sp³-hybridized carbons (Fsp3) is 0.429. The second-order valence-corrected chi connectivity index (χ2v) is 6.97. The van der Waals surface area contributed by atoms with E-state index in [-0.39, 0.29) is 18.6 Å². The van der Waals surface area contributed by atoms with Crippen LogP contribution < -0.4 is 14.8 Å². The molecular formula is C21H26N2O3. The van der Waals surface area contributed by atoms with Gasteiger partial charge >= 0.3 is 0 Å². The van der Waals surface area contributed by atoms with Crippen LogP contribution in [0.1, 0.15) is 33.1 Å². The van der Waals surface area contributed by atoms with Gasteiger partial charge in [-0.3, -0.25) is 4.79 Å². The summed E-state index contributed by atoms with van der Waals surface area (Å²) in [5, 5.41) is 3.12. The summed E-state index contributed by atoms with van der Waals surface area (Å²) in [6.07, 6.45) is 5.13. The first-order chi connectivity index (χ1) is 12.6. The smallest absolute Gasteiger partial charge is 0.258 e. The third-order valence-electron chi connectivity index (χ3n) is 5.09. The summed E-state index contributed by atoms with van der Waals surface area (Å²) in [4.78, 5) is 16.4. The molecule has 0 radical (unpaired) electrons. The minimum Gasteiger partial charge on any atom is -0.484 e. The summed E-state index contributed by atoms with van der Waals surface area (Å²) in [5.74, 6) is 2.81. The van der Waals surface area contributed by atoms with Crippen molar-refractivity contribution in [2.45, 2.75) is 39.2 Å². The third-order valence-corrected chi connectivity index (χ3v) is 5.09. The number of hydrogen-bond donors (Lipinski definition) is 1. The van der Waals surface area contributed by atoms with Gasteiger partial charge in [-0.15, -0.1) is 0 Å². The van der Waals surface area contributed by atoms with Crippen molar-refractivity contribution in [3.05, 3.63) is 48.7 Å². The minimum atomic E-state index is -0.0769. The lowest BCUT2D eigenvalue weighted by Gasteiger charge is -2.34. The summed E-state index contributed by atoms with van der Waals surface area (Å²) in [6.45, 7) is 4.48. The largest absolute Gasteiger partial charge is 0.484 e. The van der Waals surface area contributed by atoms with Crippen molar-refractivity contribution in [2.75, 3.05) is 6.61 Å². The Morgan fingerprint density at radius 1 is 1.15 bits per heavy atom. The Hall–Kier alpha value is -2.56. The lowest BCUT2D eigenvalue weighted by atomic mass is 9.78. The highest BCUT2D eigenvalue weighted by atomic mass is 16.5. The first-order valence-electron chi connectivity index (χ1n) is 9.23. The van der Waals surface area contributed by atoms with Crippen LogP contribution in [0.15, 0.2) is 48.7 Å². The molecule has 1 aliphatic carbocycles. The number of carbonyl (C=O) groups is 1. The fourth-order valence-corrected chi connectivity index (χ4v) is 3.34. The van der Waals surface area contributed by atoms with Crippen LogP contribution in [0.4, 0.5) is 0 Å². The van der Waals surface area contributed by atoms with Crippen molar-refractivity contribution in [1.29, 1.82) is 0 Å². The Bertz CT molecular complexity index is 720. The number of pyridine rings is 1. The van der Waals surface area contributed by atoms with Crippen molar-refractivity contribution in [3.63, 3.8) is 0 Å². The molecule has 26 heavy (non-hydrogen) atoms. The number of nitrogens with one attached hydrogen (secondary N) is 1. The maximum atomic E-state index is 12.2. The normalized spacial score (nSPS) is 22.5. The number of amides is 1. The Labute approximate surface area is 154 Å². The molecule has 0 spiro atoms. The van der Waals surface area contributed by atoms with E-state index >= 15 is 0 Å². The van der Waals surface area contributed by atoms with Crippen LogP contribution in [0.2, 0.25) is 0 Å². The summed E-state index contributed by atoms with van der Waals surface area (Å²) in [6, 6.07) is 12.9. The van der Waals surface area contributed by atoms with E-state index in [1.807, 2.05) is 30.3 Å². The van der Waals surface area contributed by atoms with Crippen LogP contribution >= 0.6 is 0 Å². The average Bonchev–Trinajstić information content (AvgIpc) is 2.65. The molecule has 1 heterocycles. The van der Waals surface area contributed by atoms with Gasteiger partial charge in [0, 0.05) is 24.4 Å². The maximum Gasteiger partial charge on any atom is 0.258 e. The van der Waals surface area contributed by atoms with Crippen molar-refractivity contribution in [1.82, 2.24) is 10.3 Å². The van der Waals surface area contributed by atoms with E-state index in [9.17, 15) is 4.79 Å². The van der Waals surface area contributed by atoms with Gasteiger partial charge in [-0.05, 0) is 36.5 Å². The third kappa shape index (κ3) is 4.97. The quantitative estimate of drug-likeness (QED) is 0.845. The molecule has 1 saturated carbocycles. The van der Waals surface area contributed by atoms with E-state index in [1.54, 1.807) is 18.3 Å². The highest BCUT2D eigenvalue weighted by Crippen LogP contribution is 2.29. The molecule has 1 aromatic carbocycles. The Morgan fingerprint density at radius 3 is 2.81 bits per heavy atom. The van der Waals surface area contributed by atoms with Crippen LogP contribution in [-0.4, -0.2) is 23.5 Å². The molecule has 1 fully saturated rings. The standard InChI is InChI=1S/C21H26N2O3/c1-15-7-5-10-19(16(15)2)23-20(24)14-25-17-8-6-9-18(13-17)26-21-11-3-4-12-22-21/h3-4,6,8-9,11-13,15-16,19H,5,7,10,14H2,1-2H3,(H,23,24). The molecule has 3 rings (SSSR count). The predicted molar refractivity (Wildman–Crippen MR) is 100 cm³/mol. The lowest BCUT2D eigenvalue weighted by Crippen LogP contribution is -2.45. The highest BCUT2D eigenvalue weighted by molar-refractivity contribution is 5.77. The van der Waals surface area contributed by atoms with E-state index in [1.165, 1.54) is 12.8 Å². The molecule has 5 heteroatoms. The Morgan fingerprint density at radius 2 is 2.00 bits per heavy atom. The van der Waals surface area contributed by atoms with Gasteiger partial charge in [-0.2, -0.15) is 0 Å².